The number of carbonyl (C=O) groups excluding carboxylic acids is 2. The number of rotatable bonds is 5. The number of benzene rings is 1. The van der Waals surface area contributed by atoms with Crippen molar-refractivity contribution in [2.24, 2.45) is 0 Å². The summed E-state index contributed by atoms with van der Waals surface area (Å²) in [6.45, 7) is 1.75. The van der Waals surface area contributed by atoms with Gasteiger partial charge in [0.15, 0.2) is 0 Å². The molecule has 144 valence electrons. The number of halogens is 2. The van der Waals surface area contributed by atoms with Crippen molar-refractivity contribution in [2.45, 2.75) is 38.5 Å². The van der Waals surface area contributed by atoms with Crippen molar-refractivity contribution in [3.8, 4) is 0 Å². The Labute approximate surface area is 160 Å². The fraction of sp³-hybridized carbons (Fsp3) is 0.389. The van der Waals surface area contributed by atoms with E-state index >= 15 is 0 Å². The first-order valence-corrected chi connectivity index (χ1v) is 8.82. The van der Waals surface area contributed by atoms with Crippen LogP contribution in [0.3, 0.4) is 0 Å². The second-order valence-corrected chi connectivity index (χ2v) is 6.95. The molecule has 1 aliphatic rings. The third-order valence-electron chi connectivity index (χ3n) is 4.37. The van der Waals surface area contributed by atoms with Crippen molar-refractivity contribution in [1.29, 1.82) is 0 Å². The number of aryl methyl sites for hydroxylation is 1. The van der Waals surface area contributed by atoms with Gasteiger partial charge in [0, 0.05) is 36.2 Å². The smallest absolute Gasteiger partial charge is 0.243 e. The molecule has 0 radical (unpaired) electrons. The number of aliphatic hydroxyl groups excluding tert-OH is 1. The molecule has 1 saturated heterocycles. The lowest BCUT2D eigenvalue weighted by Gasteiger charge is -2.23. The third kappa shape index (κ3) is 4.64. The zero-order chi connectivity index (χ0) is 19.6. The van der Waals surface area contributed by atoms with Gasteiger partial charge < -0.3 is 19.8 Å². The molecule has 7 nitrogen and oxygen atoms in total. The first-order valence-electron chi connectivity index (χ1n) is 8.45. The van der Waals surface area contributed by atoms with E-state index in [-0.39, 0.29) is 42.4 Å². The number of nitrogens with zero attached hydrogens (tertiary/aromatic N) is 2. The molecule has 2 unspecified atom stereocenters. The minimum Gasteiger partial charge on any atom is -0.391 e. The van der Waals surface area contributed by atoms with Crippen LogP contribution >= 0.6 is 11.6 Å². The van der Waals surface area contributed by atoms with Gasteiger partial charge in [-0.05, 0) is 19.1 Å². The van der Waals surface area contributed by atoms with Crippen LogP contribution < -0.4 is 5.32 Å². The standard InChI is InChI=1S/C18H19ClFN3O4/c1-10-4-14(27-22-10)7-17(25)23-9-13(24)6-16(23)18(26)21-8-11-2-3-12(19)5-15(11)20/h2-5,13,16,24H,6-9H2,1H3,(H,21,26). The van der Waals surface area contributed by atoms with Gasteiger partial charge in [-0.15, -0.1) is 0 Å². The average molecular weight is 396 g/mol. The number of likely N-dealkylation sites (tertiary alicyclic amines) is 1. The minimum absolute atomic E-state index is 0.0439. The Balaban J connectivity index is 1.63. The van der Waals surface area contributed by atoms with Crippen LogP contribution in [0.4, 0.5) is 4.39 Å². The van der Waals surface area contributed by atoms with Crippen LogP contribution in [-0.4, -0.2) is 45.7 Å². The van der Waals surface area contributed by atoms with E-state index in [9.17, 15) is 19.1 Å². The maximum Gasteiger partial charge on any atom is 0.243 e. The highest BCUT2D eigenvalue weighted by atomic mass is 35.5. The summed E-state index contributed by atoms with van der Waals surface area (Å²) in [5.41, 5.74) is 0.930. The summed E-state index contributed by atoms with van der Waals surface area (Å²) in [6, 6.07) is 4.99. The van der Waals surface area contributed by atoms with E-state index < -0.39 is 23.9 Å². The Morgan fingerprint density at radius 2 is 2.22 bits per heavy atom. The fourth-order valence-corrected chi connectivity index (χ4v) is 3.21. The minimum atomic E-state index is -0.827. The predicted octanol–water partition coefficient (Wildman–Crippen LogP) is 1.60. The monoisotopic (exact) mass is 395 g/mol. The fourth-order valence-electron chi connectivity index (χ4n) is 3.05. The lowest BCUT2D eigenvalue weighted by atomic mass is 10.1. The Hall–Kier alpha value is -2.45. The number of amides is 2. The summed E-state index contributed by atoms with van der Waals surface area (Å²) in [5, 5.41) is 16.5. The van der Waals surface area contributed by atoms with Crippen molar-refractivity contribution in [1.82, 2.24) is 15.4 Å². The topological polar surface area (TPSA) is 95.7 Å². The molecule has 0 aliphatic carbocycles. The normalized spacial score (nSPS) is 19.3. The number of aliphatic hydroxyl groups is 1. The van der Waals surface area contributed by atoms with Gasteiger partial charge in [-0.1, -0.05) is 22.8 Å². The highest BCUT2D eigenvalue weighted by Gasteiger charge is 2.38. The van der Waals surface area contributed by atoms with Crippen molar-refractivity contribution in [2.75, 3.05) is 6.54 Å². The van der Waals surface area contributed by atoms with E-state index in [0.717, 1.165) is 6.07 Å². The number of aromatic nitrogens is 1. The average Bonchev–Trinajstić information content (AvgIpc) is 3.19. The quantitative estimate of drug-likeness (QED) is 0.801. The maximum absolute atomic E-state index is 13.8. The van der Waals surface area contributed by atoms with Crippen LogP contribution in [0.5, 0.6) is 0 Å². The van der Waals surface area contributed by atoms with Crippen LogP contribution in [0.2, 0.25) is 5.02 Å². The van der Waals surface area contributed by atoms with Crippen LogP contribution in [0.25, 0.3) is 0 Å². The maximum atomic E-state index is 13.8. The second kappa shape index (κ2) is 8.06. The molecule has 2 atom stereocenters. The van der Waals surface area contributed by atoms with Gasteiger partial charge in [0.2, 0.25) is 11.8 Å². The highest BCUT2D eigenvalue weighted by molar-refractivity contribution is 6.30. The van der Waals surface area contributed by atoms with E-state index in [0.29, 0.717) is 11.5 Å². The molecule has 1 aromatic heterocycles. The Kier molecular flexibility index (Phi) is 5.76. The number of β-amino-alcohol motifs (C(OH)–C–C–N with tert-alkyl or cyclic N) is 1. The lowest BCUT2D eigenvalue weighted by Crippen LogP contribution is -2.46. The van der Waals surface area contributed by atoms with E-state index in [1.807, 2.05) is 0 Å². The molecule has 27 heavy (non-hydrogen) atoms. The summed E-state index contributed by atoms with van der Waals surface area (Å²) >= 11 is 5.71. The number of carbonyl (C=O) groups is 2. The first kappa shape index (κ1) is 19.3. The Morgan fingerprint density at radius 1 is 1.44 bits per heavy atom. The zero-order valence-electron chi connectivity index (χ0n) is 14.6. The SMILES string of the molecule is Cc1cc(CC(=O)N2CC(O)CC2C(=O)NCc2ccc(Cl)cc2F)on1. The van der Waals surface area contributed by atoms with Gasteiger partial charge in [0.1, 0.15) is 17.6 Å². The molecule has 3 rings (SSSR count). The van der Waals surface area contributed by atoms with Crippen molar-refractivity contribution >= 4 is 23.4 Å². The molecule has 2 aromatic rings. The van der Waals surface area contributed by atoms with Crippen molar-refractivity contribution in [3.05, 3.63) is 52.1 Å². The molecular weight excluding hydrogens is 377 g/mol. The van der Waals surface area contributed by atoms with Gasteiger partial charge in [-0.3, -0.25) is 9.59 Å². The molecule has 0 spiro atoms. The van der Waals surface area contributed by atoms with Gasteiger partial charge in [0.05, 0.1) is 18.2 Å². The molecule has 1 aliphatic heterocycles. The first-order chi connectivity index (χ1) is 12.8. The van der Waals surface area contributed by atoms with Crippen LogP contribution in [0.15, 0.2) is 28.8 Å². The molecule has 2 N–H and O–H groups in total. The third-order valence-corrected chi connectivity index (χ3v) is 4.61. The largest absolute Gasteiger partial charge is 0.391 e. The summed E-state index contributed by atoms with van der Waals surface area (Å²) in [6.07, 6.45) is -0.729. The summed E-state index contributed by atoms with van der Waals surface area (Å²) < 4.78 is 18.9. The molecule has 9 heteroatoms. The lowest BCUT2D eigenvalue weighted by molar-refractivity contribution is -0.138. The van der Waals surface area contributed by atoms with Gasteiger partial charge >= 0.3 is 0 Å². The van der Waals surface area contributed by atoms with Gasteiger partial charge in [0.25, 0.3) is 0 Å². The van der Waals surface area contributed by atoms with Gasteiger partial charge in [-0.25, -0.2) is 4.39 Å². The Morgan fingerprint density at radius 3 is 2.89 bits per heavy atom. The highest BCUT2D eigenvalue weighted by Crippen LogP contribution is 2.20. The molecule has 0 bridgehead atoms. The molecule has 0 saturated carbocycles. The van der Waals surface area contributed by atoms with Gasteiger partial charge in [-0.2, -0.15) is 0 Å². The second-order valence-electron chi connectivity index (χ2n) is 6.52. The molecule has 2 heterocycles. The summed E-state index contributed by atoms with van der Waals surface area (Å²) in [7, 11) is 0. The van der Waals surface area contributed by atoms with Crippen LogP contribution in [-0.2, 0) is 22.6 Å². The van der Waals surface area contributed by atoms with E-state index in [4.69, 9.17) is 16.1 Å². The number of hydrogen-bond donors (Lipinski definition) is 2. The van der Waals surface area contributed by atoms with Crippen molar-refractivity contribution < 1.29 is 23.6 Å². The number of hydrogen-bond acceptors (Lipinski definition) is 5. The van der Waals surface area contributed by atoms with Crippen molar-refractivity contribution in [3.63, 3.8) is 0 Å². The zero-order valence-corrected chi connectivity index (χ0v) is 15.4. The molecule has 2 amide bonds. The number of nitrogens with one attached hydrogen (secondary N) is 1. The van der Waals surface area contributed by atoms with Crippen LogP contribution in [0, 0.1) is 12.7 Å². The summed E-state index contributed by atoms with van der Waals surface area (Å²) in [5.74, 6) is -0.937. The molecule has 1 fully saturated rings. The van der Waals surface area contributed by atoms with E-state index in [2.05, 4.69) is 10.5 Å². The van der Waals surface area contributed by atoms with E-state index in [1.54, 1.807) is 13.0 Å². The molecular formula is C18H19ClFN3O4. The summed E-state index contributed by atoms with van der Waals surface area (Å²) in [4.78, 5) is 26.4. The Bertz CT molecular complexity index is 857. The van der Waals surface area contributed by atoms with Crippen LogP contribution in [0.1, 0.15) is 23.4 Å². The predicted molar refractivity (Wildman–Crippen MR) is 94.3 cm³/mol. The molecule has 1 aromatic carbocycles. The van der Waals surface area contributed by atoms with E-state index in [1.165, 1.54) is 17.0 Å².